The first kappa shape index (κ1) is 24.4. The zero-order valence-corrected chi connectivity index (χ0v) is 20.0. The van der Waals surface area contributed by atoms with Crippen LogP contribution in [0.4, 0.5) is 0 Å². The van der Waals surface area contributed by atoms with E-state index >= 15 is 0 Å². The lowest BCUT2D eigenvalue weighted by molar-refractivity contribution is 0.0925. The highest BCUT2D eigenvalue weighted by Gasteiger charge is 2.11. The van der Waals surface area contributed by atoms with Crippen LogP contribution in [-0.2, 0) is 6.54 Å². The van der Waals surface area contributed by atoms with Crippen molar-refractivity contribution in [2.24, 2.45) is 4.99 Å². The molecule has 0 fully saturated rings. The number of rotatable bonds is 9. The molecule has 0 aliphatic carbocycles. The van der Waals surface area contributed by atoms with E-state index in [1.807, 2.05) is 13.8 Å². The van der Waals surface area contributed by atoms with Crippen LogP contribution in [-0.4, -0.2) is 36.5 Å². The summed E-state index contributed by atoms with van der Waals surface area (Å²) in [6.45, 7) is 10.8. The minimum absolute atomic E-state index is 0. The molecule has 7 nitrogen and oxygen atoms in total. The molecule has 0 spiro atoms. The van der Waals surface area contributed by atoms with Gasteiger partial charge in [0.25, 0.3) is 5.91 Å². The molecule has 0 saturated carbocycles. The number of thiazole rings is 1. The number of guanidine groups is 1. The Bertz CT molecular complexity index is 757. The molecule has 0 atom stereocenters. The highest BCUT2D eigenvalue weighted by molar-refractivity contribution is 14.0. The van der Waals surface area contributed by atoms with Crippen molar-refractivity contribution in [3.63, 3.8) is 0 Å². The zero-order chi connectivity index (χ0) is 19.6. The average Bonchev–Trinajstić information content (AvgIpc) is 3.28. The fourth-order valence-corrected chi connectivity index (χ4v) is 3.21. The maximum Gasteiger partial charge on any atom is 0.287 e. The first-order valence-corrected chi connectivity index (χ1v) is 10.2. The van der Waals surface area contributed by atoms with Crippen LogP contribution in [0.3, 0.4) is 0 Å². The zero-order valence-electron chi connectivity index (χ0n) is 16.9. The summed E-state index contributed by atoms with van der Waals surface area (Å²) in [5.41, 5.74) is 1.96. The number of aryl methyl sites for hydroxylation is 1. The van der Waals surface area contributed by atoms with Crippen LogP contribution >= 0.6 is 35.3 Å². The lowest BCUT2D eigenvalue weighted by Gasteiger charge is -2.11. The van der Waals surface area contributed by atoms with Crippen LogP contribution in [0.2, 0.25) is 0 Å². The monoisotopic (exact) mass is 519 g/mol. The van der Waals surface area contributed by atoms with E-state index in [-0.39, 0.29) is 29.9 Å². The summed E-state index contributed by atoms with van der Waals surface area (Å²) < 4.78 is 5.18. The summed E-state index contributed by atoms with van der Waals surface area (Å²) in [7, 11) is 0. The molecule has 0 bridgehead atoms. The predicted octanol–water partition coefficient (Wildman–Crippen LogP) is 3.66. The number of nitrogens with one attached hydrogen (secondary N) is 3. The number of halogens is 1. The number of aliphatic imine (C=N–C) groups is 1. The van der Waals surface area contributed by atoms with Gasteiger partial charge in [0.1, 0.15) is 5.01 Å². The van der Waals surface area contributed by atoms with Crippen molar-refractivity contribution in [1.82, 2.24) is 20.9 Å². The fraction of sp³-hybridized carbons (Fsp3) is 0.526. The molecular weight excluding hydrogens is 489 g/mol. The van der Waals surface area contributed by atoms with Crippen molar-refractivity contribution in [3.8, 4) is 0 Å². The summed E-state index contributed by atoms with van der Waals surface area (Å²) in [6, 6.07) is 1.78. The Morgan fingerprint density at radius 1 is 1.29 bits per heavy atom. The largest absolute Gasteiger partial charge is 0.459 e. The van der Waals surface area contributed by atoms with Crippen LogP contribution < -0.4 is 16.0 Å². The van der Waals surface area contributed by atoms with Crippen molar-refractivity contribution in [1.29, 1.82) is 0 Å². The van der Waals surface area contributed by atoms with Crippen LogP contribution in [0.15, 0.2) is 27.1 Å². The third-order valence-corrected chi connectivity index (χ3v) is 4.73. The van der Waals surface area contributed by atoms with Crippen molar-refractivity contribution < 1.29 is 9.21 Å². The van der Waals surface area contributed by atoms with Gasteiger partial charge in [0.2, 0.25) is 0 Å². The Kier molecular flexibility index (Phi) is 11.1. The van der Waals surface area contributed by atoms with E-state index < -0.39 is 0 Å². The highest BCUT2D eigenvalue weighted by atomic mass is 127. The quantitative estimate of drug-likeness (QED) is 0.204. The van der Waals surface area contributed by atoms with Gasteiger partial charge in [-0.3, -0.25) is 4.79 Å². The Balaban J connectivity index is 0.00000392. The Labute approximate surface area is 187 Å². The predicted molar refractivity (Wildman–Crippen MR) is 125 cm³/mol. The molecule has 0 saturated heterocycles. The lowest BCUT2D eigenvalue weighted by atomic mass is 10.2. The standard InChI is InChI=1S/C19H29N5O2S.HI/c1-5-20-19(23-11-16-24-15(12-27-16)13(2)3)22-9-6-8-21-18(25)17-14(4)7-10-26-17;/h7,10,12-13H,5-6,8-9,11H2,1-4H3,(H,21,25)(H2,20,22,23);1H. The molecule has 0 radical (unpaired) electrons. The first-order chi connectivity index (χ1) is 13.0. The second kappa shape index (κ2) is 12.8. The van der Waals surface area contributed by atoms with E-state index in [1.165, 1.54) is 6.26 Å². The molecule has 0 aliphatic rings. The Morgan fingerprint density at radius 3 is 2.64 bits per heavy atom. The summed E-state index contributed by atoms with van der Waals surface area (Å²) >= 11 is 1.64. The molecule has 156 valence electrons. The van der Waals surface area contributed by atoms with Crippen molar-refractivity contribution in [2.75, 3.05) is 19.6 Å². The second-order valence-corrected chi connectivity index (χ2v) is 7.43. The number of aromatic nitrogens is 1. The van der Waals surface area contributed by atoms with Gasteiger partial charge >= 0.3 is 0 Å². The Morgan fingerprint density at radius 2 is 2.04 bits per heavy atom. The molecule has 2 aromatic rings. The van der Waals surface area contributed by atoms with Gasteiger partial charge in [-0.2, -0.15) is 0 Å². The van der Waals surface area contributed by atoms with E-state index in [4.69, 9.17) is 4.42 Å². The summed E-state index contributed by atoms with van der Waals surface area (Å²) in [4.78, 5) is 21.2. The molecule has 3 N–H and O–H groups in total. The third kappa shape index (κ3) is 7.78. The van der Waals surface area contributed by atoms with Crippen LogP contribution in [0.25, 0.3) is 0 Å². The lowest BCUT2D eigenvalue weighted by Crippen LogP contribution is -2.38. The SMILES string of the molecule is CCNC(=NCc1nc(C(C)C)cs1)NCCCNC(=O)c1occc1C.I. The van der Waals surface area contributed by atoms with E-state index in [1.54, 1.807) is 17.4 Å². The van der Waals surface area contributed by atoms with Gasteiger partial charge in [0, 0.05) is 30.6 Å². The molecule has 9 heteroatoms. The highest BCUT2D eigenvalue weighted by Crippen LogP contribution is 2.18. The molecular formula is C19H30IN5O2S. The number of carbonyl (C=O) groups is 1. The summed E-state index contributed by atoms with van der Waals surface area (Å²) in [6.07, 6.45) is 2.31. The normalized spacial score (nSPS) is 11.2. The van der Waals surface area contributed by atoms with Gasteiger partial charge in [-0.15, -0.1) is 35.3 Å². The number of carbonyl (C=O) groups excluding carboxylic acids is 1. The smallest absolute Gasteiger partial charge is 0.287 e. The van der Waals surface area contributed by atoms with E-state index in [0.29, 0.717) is 31.3 Å². The maximum atomic E-state index is 12.0. The molecule has 28 heavy (non-hydrogen) atoms. The molecule has 1 amide bonds. The van der Waals surface area contributed by atoms with Crippen LogP contribution in [0.5, 0.6) is 0 Å². The molecule has 0 aromatic carbocycles. The summed E-state index contributed by atoms with van der Waals surface area (Å²) in [5.74, 6) is 1.39. The average molecular weight is 519 g/mol. The van der Waals surface area contributed by atoms with Crippen molar-refractivity contribution >= 4 is 47.2 Å². The molecule has 0 unspecified atom stereocenters. The van der Waals surface area contributed by atoms with Gasteiger partial charge in [0.15, 0.2) is 11.7 Å². The third-order valence-electron chi connectivity index (χ3n) is 3.88. The molecule has 2 heterocycles. The first-order valence-electron chi connectivity index (χ1n) is 9.30. The van der Waals surface area contributed by atoms with Gasteiger partial charge in [0.05, 0.1) is 18.5 Å². The van der Waals surface area contributed by atoms with E-state index in [9.17, 15) is 4.79 Å². The van der Waals surface area contributed by atoms with Crippen molar-refractivity contribution in [3.05, 3.63) is 39.7 Å². The second-order valence-electron chi connectivity index (χ2n) is 6.48. The Hall–Kier alpha value is -1.62. The molecule has 0 aliphatic heterocycles. The van der Waals surface area contributed by atoms with Gasteiger partial charge in [-0.05, 0) is 32.3 Å². The van der Waals surface area contributed by atoms with Crippen LogP contribution in [0.1, 0.15) is 59.9 Å². The minimum Gasteiger partial charge on any atom is -0.459 e. The number of amides is 1. The minimum atomic E-state index is -0.178. The fourth-order valence-electron chi connectivity index (χ4n) is 2.33. The topological polar surface area (TPSA) is 91.5 Å². The van der Waals surface area contributed by atoms with E-state index in [2.05, 4.69) is 45.2 Å². The number of hydrogen-bond donors (Lipinski definition) is 3. The number of furan rings is 1. The maximum absolute atomic E-state index is 12.0. The molecule has 2 aromatic heterocycles. The van der Waals surface area contributed by atoms with Gasteiger partial charge in [-0.25, -0.2) is 9.98 Å². The number of nitrogens with zero attached hydrogens (tertiary/aromatic N) is 2. The number of hydrogen-bond acceptors (Lipinski definition) is 5. The van der Waals surface area contributed by atoms with Gasteiger partial charge in [-0.1, -0.05) is 13.8 Å². The molecule has 2 rings (SSSR count). The van der Waals surface area contributed by atoms with Gasteiger partial charge < -0.3 is 20.4 Å². The van der Waals surface area contributed by atoms with E-state index in [0.717, 1.165) is 35.2 Å². The van der Waals surface area contributed by atoms with Crippen molar-refractivity contribution in [2.45, 2.75) is 46.6 Å². The summed E-state index contributed by atoms with van der Waals surface area (Å²) in [5, 5.41) is 12.5. The van der Waals surface area contributed by atoms with Crippen LogP contribution in [0, 0.1) is 6.92 Å².